The Kier molecular flexibility index (Phi) is 7.38. The highest BCUT2D eigenvalue weighted by Gasteiger charge is 2.27. The van der Waals surface area contributed by atoms with Gasteiger partial charge in [0.05, 0.1) is 17.1 Å². The molecule has 2 atom stereocenters. The van der Waals surface area contributed by atoms with E-state index in [1.54, 1.807) is 0 Å². The summed E-state index contributed by atoms with van der Waals surface area (Å²) in [5.41, 5.74) is 11.9. The zero-order chi connectivity index (χ0) is 36.3. The fraction of sp³-hybridized carbons (Fsp3) is 0.0577. The smallest absolute Gasteiger partial charge is 0.133 e. The summed E-state index contributed by atoms with van der Waals surface area (Å²) in [6.07, 6.45) is 7.89. The largest absolute Gasteiger partial charge is 0.340 e. The van der Waals surface area contributed by atoms with E-state index in [-0.39, 0.29) is 12.1 Å². The number of aliphatic imine (C=N–C) groups is 1. The Labute approximate surface area is 320 Å². The van der Waals surface area contributed by atoms with Crippen molar-refractivity contribution in [1.82, 2.24) is 4.57 Å². The molecule has 260 valence electrons. The number of anilines is 1. The zero-order valence-electron chi connectivity index (χ0n) is 30.2. The van der Waals surface area contributed by atoms with Crippen LogP contribution in [0, 0.1) is 0 Å². The van der Waals surface area contributed by atoms with Gasteiger partial charge in [0.2, 0.25) is 0 Å². The molecule has 0 saturated carbocycles. The number of allylic oxidation sites excluding steroid dienone is 2. The molecule has 1 aliphatic heterocycles. The molecule has 3 nitrogen and oxygen atoms in total. The van der Waals surface area contributed by atoms with Gasteiger partial charge < -0.3 is 9.88 Å². The summed E-state index contributed by atoms with van der Waals surface area (Å²) < 4.78 is 2.56. The van der Waals surface area contributed by atoms with E-state index in [4.69, 9.17) is 4.99 Å². The van der Waals surface area contributed by atoms with Gasteiger partial charge in [0.25, 0.3) is 0 Å². The molecule has 3 heteroatoms. The van der Waals surface area contributed by atoms with Crippen LogP contribution in [0.3, 0.4) is 0 Å². The van der Waals surface area contributed by atoms with Gasteiger partial charge in [-0.05, 0) is 80.0 Å². The normalized spacial score (nSPS) is 16.6. The van der Waals surface area contributed by atoms with E-state index >= 15 is 0 Å². The van der Waals surface area contributed by atoms with Crippen molar-refractivity contribution in [2.24, 2.45) is 4.99 Å². The van der Waals surface area contributed by atoms with Crippen LogP contribution in [0.25, 0.3) is 65.6 Å². The molecule has 2 heterocycles. The lowest BCUT2D eigenvalue weighted by Gasteiger charge is -2.28. The number of rotatable bonds is 5. The Morgan fingerprint density at radius 2 is 1.13 bits per heavy atom. The third-order valence-electron chi connectivity index (χ3n) is 11.5. The van der Waals surface area contributed by atoms with Crippen LogP contribution in [0.4, 0.5) is 5.69 Å². The van der Waals surface area contributed by atoms with E-state index in [1.807, 2.05) is 0 Å². The van der Waals surface area contributed by atoms with E-state index in [0.717, 1.165) is 23.5 Å². The van der Waals surface area contributed by atoms with Gasteiger partial charge >= 0.3 is 0 Å². The number of benzene rings is 8. The molecular weight excluding hydrogens is 667 g/mol. The van der Waals surface area contributed by atoms with Gasteiger partial charge in [0.15, 0.2) is 0 Å². The summed E-state index contributed by atoms with van der Waals surface area (Å²) in [5.74, 6) is 0.902. The van der Waals surface area contributed by atoms with Crippen molar-refractivity contribution in [2.75, 3.05) is 5.32 Å². The summed E-state index contributed by atoms with van der Waals surface area (Å²) in [5, 5.41) is 11.5. The second kappa shape index (κ2) is 12.9. The zero-order valence-corrected chi connectivity index (χ0v) is 30.2. The SMILES string of the molecule is C1=CC(C2=NC(c3cccc(-c4ccc(-c5ccccc5)cc4)c3)c3ccccc3N2)=CC(n2c3ccc4ccccc4c3c3c4ccccc4ccc32)C1. The molecule has 9 aromatic rings. The quantitative estimate of drug-likeness (QED) is 0.190. The molecule has 1 aromatic heterocycles. The second-order valence-electron chi connectivity index (χ2n) is 14.7. The molecular formula is C52H37N3. The highest BCUT2D eigenvalue weighted by molar-refractivity contribution is 6.28. The van der Waals surface area contributed by atoms with Gasteiger partial charge in [-0.2, -0.15) is 0 Å². The topological polar surface area (TPSA) is 29.3 Å². The molecule has 0 spiro atoms. The van der Waals surface area contributed by atoms with Gasteiger partial charge in [-0.15, -0.1) is 0 Å². The number of nitrogens with one attached hydrogen (secondary N) is 1. The van der Waals surface area contributed by atoms with Crippen molar-refractivity contribution in [1.29, 1.82) is 0 Å². The lowest BCUT2D eigenvalue weighted by atomic mass is 9.92. The Bertz CT molecular complexity index is 2940. The summed E-state index contributed by atoms with van der Waals surface area (Å²) in [6.45, 7) is 0. The minimum atomic E-state index is -0.142. The monoisotopic (exact) mass is 703 g/mol. The molecule has 0 radical (unpaired) electrons. The van der Waals surface area contributed by atoms with Gasteiger partial charge in [-0.3, -0.25) is 4.99 Å². The first-order valence-corrected chi connectivity index (χ1v) is 19.2. The van der Waals surface area contributed by atoms with E-state index in [1.165, 1.54) is 76.7 Å². The fourth-order valence-electron chi connectivity index (χ4n) is 8.92. The van der Waals surface area contributed by atoms with Gasteiger partial charge in [0.1, 0.15) is 11.9 Å². The lowest BCUT2D eigenvalue weighted by molar-refractivity contribution is 0.645. The maximum atomic E-state index is 5.50. The molecule has 0 saturated heterocycles. The maximum absolute atomic E-state index is 5.50. The Morgan fingerprint density at radius 3 is 1.85 bits per heavy atom. The minimum absolute atomic E-state index is 0.115. The van der Waals surface area contributed by atoms with Crippen LogP contribution >= 0.6 is 0 Å². The molecule has 55 heavy (non-hydrogen) atoms. The van der Waals surface area contributed by atoms with E-state index in [9.17, 15) is 0 Å². The molecule has 8 aromatic carbocycles. The van der Waals surface area contributed by atoms with Crippen LogP contribution in [0.15, 0.2) is 205 Å². The molecule has 1 N–H and O–H groups in total. The first kappa shape index (κ1) is 31.5. The Hall–Kier alpha value is -6.97. The van der Waals surface area contributed by atoms with E-state index in [2.05, 4.69) is 204 Å². The molecule has 2 aliphatic rings. The van der Waals surface area contributed by atoms with Crippen LogP contribution < -0.4 is 5.32 Å². The average Bonchev–Trinajstić information content (AvgIpc) is 3.62. The number of nitrogens with zero attached hydrogens (tertiary/aromatic N) is 2. The highest BCUT2D eigenvalue weighted by Crippen LogP contribution is 2.43. The van der Waals surface area contributed by atoms with E-state index < -0.39 is 0 Å². The van der Waals surface area contributed by atoms with Crippen molar-refractivity contribution in [3.8, 4) is 22.3 Å². The van der Waals surface area contributed by atoms with Crippen LogP contribution in [-0.4, -0.2) is 10.4 Å². The maximum Gasteiger partial charge on any atom is 0.133 e. The van der Waals surface area contributed by atoms with Gasteiger partial charge in [-0.25, -0.2) is 0 Å². The third kappa shape index (κ3) is 5.31. The first-order chi connectivity index (χ1) is 27.3. The second-order valence-corrected chi connectivity index (χ2v) is 14.7. The van der Waals surface area contributed by atoms with Crippen LogP contribution in [0.5, 0.6) is 0 Å². The molecule has 0 bridgehead atoms. The van der Waals surface area contributed by atoms with E-state index in [0.29, 0.717) is 0 Å². The lowest BCUT2D eigenvalue weighted by Crippen LogP contribution is -2.24. The summed E-state index contributed by atoms with van der Waals surface area (Å²) in [6, 6.07) is 63.7. The standard InChI is InChI=1S/C52H37N3/c1-2-12-34(13-3-1)35-24-26-36(27-25-35)39-16-10-17-40(32-39)51-45-22-8-9-23-46(45)53-52(54-51)41-18-11-19-42(33-41)55-47-30-28-37-14-4-6-20-43(37)49(47)50-44-21-7-5-15-38(44)29-31-48(50)55/h1-18,20-33,42,51H,19H2,(H,53,54). The van der Waals surface area contributed by atoms with Crippen LogP contribution in [0.2, 0.25) is 0 Å². The number of amidine groups is 1. The Balaban J connectivity index is 1.01. The van der Waals surface area contributed by atoms with Crippen LogP contribution in [-0.2, 0) is 0 Å². The van der Waals surface area contributed by atoms with Crippen molar-refractivity contribution < 1.29 is 0 Å². The number of para-hydroxylation sites is 1. The molecule has 0 fully saturated rings. The fourth-order valence-corrected chi connectivity index (χ4v) is 8.92. The molecule has 1 aliphatic carbocycles. The number of fused-ring (bicyclic) bond motifs is 8. The first-order valence-electron chi connectivity index (χ1n) is 19.2. The molecule has 11 rings (SSSR count). The van der Waals surface area contributed by atoms with Crippen molar-refractivity contribution in [3.05, 3.63) is 211 Å². The van der Waals surface area contributed by atoms with Crippen molar-refractivity contribution in [3.63, 3.8) is 0 Å². The summed E-state index contributed by atoms with van der Waals surface area (Å²) >= 11 is 0. The van der Waals surface area contributed by atoms with Gasteiger partial charge in [0, 0.05) is 27.6 Å². The highest BCUT2D eigenvalue weighted by atomic mass is 15.1. The summed E-state index contributed by atoms with van der Waals surface area (Å²) in [4.78, 5) is 5.50. The van der Waals surface area contributed by atoms with Gasteiger partial charge in [-0.1, -0.05) is 170 Å². The summed E-state index contributed by atoms with van der Waals surface area (Å²) in [7, 11) is 0. The minimum Gasteiger partial charge on any atom is -0.340 e. The van der Waals surface area contributed by atoms with Crippen molar-refractivity contribution >= 4 is 54.9 Å². The average molecular weight is 704 g/mol. The Morgan fingerprint density at radius 1 is 0.527 bits per heavy atom. The van der Waals surface area contributed by atoms with Crippen molar-refractivity contribution in [2.45, 2.75) is 18.5 Å². The third-order valence-corrected chi connectivity index (χ3v) is 11.5. The number of hydrogen-bond donors (Lipinski definition) is 1. The molecule has 2 unspecified atom stereocenters. The predicted molar refractivity (Wildman–Crippen MR) is 232 cm³/mol. The predicted octanol–water partition coefficient (Wildman–Crippen LogP) is 13.5. The number of hydrogen-bond acceptors (Lipinski definition) is 2. The molecule has 0 amide bonds. The van der Waals surface area contributed by atoms with Crippen LogP contribution in [0.1, 0.15) is 29.6 Å². The number of aromatic nitrogens is 1.